The quantitative estimate of drug-likeness (QED) is 0.914. The van der Waals surface area contributed by atoms with Crippen molar-refractivity contribution < 1.29 is 9.53 Å². The van der Waals surface area contributed by atoms with Crippen molar-refractivity contribution in [3.05, 3.63) is 64.7 Å². The Morgan fingerprint density at radius 2 is 1.73 bits per heavy atom. The largest absolute Gasteiger partial charge is 0.481 e. The van der Waals surface area contributed by atoms with E-state index in [1.807, 2.05) is 51.1 Å². The molecule has 0 aliphatic rings. The lowest BCUT2D eigenvalue weighted by Crippen LogP contribution is -2.35. The van der Waals surface area contributed by atoms with Crippen LogP contribution in [-0.4, -0.2) is 12.0 Å². The fraction of sp³-hybridized carbons (Fsp3) is 0.316. The van der Waals surface area contributed by atoms with Crippen molar-refractivity contribution in [3.63, 3.8) is 0 Å². The summed E-state index contributed by atoms with van der Waals surface area (Å²) in [4.78, 5) is 12.1. The molecule has 0 aliphatic heterocycles. The number of nitrogens with one attached hydrogen (secondary N) is 1. The Labute approximate surface area is 132 Å². The van der Waals surface area contributed by atoms with Crippen LogP contribution in [0, 0.1) is 20.8 Å². The van der Waals surface area contributed by atoms with E-state index in [1.165, 1.54) is 5.56 Å². The van der Waals surface area contributed by atoms with Crippen LogP contribution in [0.25, 0.3) is 0 Å². The van der Waals surface area contributed by atoms with Gasteiger partial charge in [0.05, 0.1) is 0 Å². The van der Waals surface area contributed by atoms with E-state index in [0.29, 0.717) is 6.54 Å². The minimum absolute atomic E-state index is 0.110. The highest BCUT2D eigenvalue weighted by Gasteiger charge is 2.14. The molecule has 0 saturated heterocycles. The smallest absolute Gasteiger partial charge is 0.261 e. The Morgan fingerprint density at radius 1 is 1.05 bits per heavy atom. The molecule has 0 spiro atoms. The molecule has 0 aliphatic carbocycles. The molecule has 1 atom stereocenters. The molecule has 0 aromatic heterocycles. The Morgan fingerprint density at radius 3 is 2.36 bits per heavy atom. The maximum atomic E-state index is 12.1. The Kier molecular flexibility index (Phi) is 5.21. The average Bonchev–Trinajstić information content (AvgIpc) is 2.43. The van der Waals surface area contributed by atoms with Gasteiger partial charge in [0.2, 0.25) is 0 Å². The van der Waals surface area contributed by atoms with Crippen molar-refractivity contribution in [3.8, 4) is 5.75 Å². The van der Waals surface area contributed by atoms with Gasteiger partial charge in [0.25, 0.3) is 5.91 Å². The van der Waals surface area contributed by atoms with E-state index in [4.69, 9.17) is 4.74 Å². The first kappa shape index (κ1) is 16.1. The van der Waals surface area contributed by atoms with Crippen molar-refractivity contribution >= 4 is 5.91 Å². The van der Waals surface area contributed by atoms with Gasteiger partial charge in [0.1, 0.15) is 5.75 Å². The van der Waals surface area contributed by atoms with Crippen LogP contribution in [0.5, 0.6) is 5.75 Å². The van der Waals surface area contributed by atoms with Gasteiger partial charge in [-0.1, -0.05) is 35.9 Å². The molecule has 0 saturated carbocycles. The first-order valence-corrected chi connectivity index (χ1v) is 7.52. The van der Waals surface area contributed by atoms with Gasteiger partial charge in [-0.15, -0.1) is 0 Å². The van der Waals surface area contributed by atoms with Gasteiger partial charge in [-0.25, -0.2) is 0 Å². The van der Waals surface area contributed by atoms with Crippen molar-refractivity contribution in [2.75, 3.05) is 0 Å². The number of ether oxygens (including phenoxy) is 1. The summed E-state index contributed by atoms with van der Waals surface area (Å²) < 4.78 is 5.74. The normalized spacial score (nSPS) is 11.8. The molecule has 1 amide bonds. The van der Waals surface area contributed by atoms with Crippen LogP contribution in [0.2, 0.25) is 0 Å². The van der Waals surface area contributed by atoms with E-state index >= 15 is 0 Å². The van der Waals surface area contributed by atoms with Gasteiger partial charge in [-0.05, 0) is 56.5 Å². The number of carbonyl (C=O) groups is 1. The van der Waals surface area contributed by atoms with Crippen LogP contribution in [0.15, 0.2) is 42.5 Å². The molecule has 3 nitrogen and oxygen atoms in total. The van der Waals surface area contributed by atoms with E-state index < -0.39 is 6.10 Å². The highest BCUT2D eigenvalue weighted by Crippen LogP contribution is 2.17. The number of aryl methyl sites for hydroxylation is 3. The second-order valence-corrected chi connectivity index (χ2v) is 5.79. The number of benzene rings is 2. The molecular formula is C19H23NO2. The van der Waals surface area contributed by atoms with Gasteiger partial charge in [0, 0.05) is 6.54 Å². The molecule has 22 heavy (non-hydrogen) atoms. The first-order valence-electron chi connectivity index (χ1n) is 7.52. The summed E-state index contributed by atoms with van der Waals surface area (Å²) in [6.45, 7) is 8.35. The van der Waals surface area contributed by atoms with Gasteiger partial charge < -0.3 is 10.1 Å². The third kappa shape index (κ3) is 4.62. The zero-order chi connectivity index (χ0) is 16.1. The van der Waals surface area contributed by atoms with Crippen LogP contribution in [0.1, 0.15) is 29.2 Å². The van der Waals surface area contributed by atoms with Crippen LogP contribution in [0.4, 0.5) is 0 Å². The topological polar surface area (TPSA) is 38.3 Å². The number of rotatable bonds is 5. The van der Waals surface area contributed by atoms with Crippen LogP contribution in [-0.2, 0) is 11.3 Å². The molecule has 3 heteroatoms. The van der Waals surface area contributed by atoms with Gasteiger partial charge in [-0.3, -0.25) is 4.79 Å². The number of amides is 1. The highest BCUT2D eigenvalue weighted by molar-refractivity contribution is 5.80. The van der Waals surface area contributed by atoms with Gasteiger partial charge in [-0.2, -0.15) is 0 Å². The maximum absolute atomic E-state index is 12.1. The Balaban J connectivity index is 1.91. The predicted molar refractivity (Wildman–Crippen MR) is 89.0 cm³/mol. The molecule has 0 heterocycles. The van der Waals surface area contributed by atoms with Crippen molar-refractivity contribution in [1.82, 2.24) is 5.32 Å². The summed E-state index contributed by atoms with van der Waals surface area (Å²) >= 11 is 0. The predicted octanol–water partition coefficient (Wildman–Crippen LogP) is 3.70. The Bertz CT molecular complexity index is 644. The van der Waals surface area contributed by atoms with E-state index in [1.54, 1.807) is 6.92 Å². The number of carbonyl (C=O) groups excluding carboxylic acids is 1. The molecule has 2 aromatic carbocycles. The third-order valence-corrected chi connectivity index (χ3v) is 3.43. The zero-order valence-corrected chi connectivity index (χ0v) is 13.6. The second-order valence-electron chi connectivity index (χ2n) is 5.79. The number of hydrogen-bond acceptors (Lipinski definition) is 2. The van der Waals surface area contributed by atoms with Gasteiger partial charge in [0.15, 0.2) is 6.10 Å². The minimum Gasteiger partial charge on any atom is -0.481 e. The lowest BCUT2D eigenvalue weighted by molar-refractivity contribution is -0.127. The SMILES string of the molecule is Cc1cccc(CNC(=O)[C@H](C)Oc2cc(C)cc(C)c2)c1. The van der Waals surface area contributed by atoms with E-state index in [-0.39, 0.29) is 5.91 Å². The summed E-state index contributed by atoms with van der Waals surface area (Å²) in [5, 5.41) is 2.91. The highest BCUT2D eigenvalue weighted by atomic mass is 16.5. The standard InChI is InChI=1S/C19H23NO2/c1-13-6-5-7-17(9-13)12-20-19(21)16(4)22-18-10-14(2)8-15(3)11-18/h5-11,16H,12H2,1-4H3,(H,20,21)/t16-/m0/s1. The summed E-state index contributed by atoms with van der Waals surface area (Å²) in [6.07, 6.45) is -0.522. The molecular weight excluding hydrogens is 274 g/mol. The zero-order valence-electron chi connectivity index (χ0n) is 13.6. The second kappa shape index (κ2) is 7.12. The molecule has 0 fully saturated rings. The van der Waals surface area contributed by atoms with Gasteiger partial charge >= 0.3 is 0 Å². The van der Waals surface area contributed by atoms with E-state index in [0.717, 1.165) is 22.4 Å². The number of hydrogen-bond donors (Lipinski definition) is 1. The van der Waals surface area contributed by atoms with Crippen LogP contribution >= 0.6 is 0 Å². The lowest BCUT2D eigenvalue weighted by Gasteiger charge is -2.16. The summed E-state index contributed by atoms with van der Waals surface area (Å²) in [7, 11) is 0. The average molecular weight is 297 g/mol. The summed E-state index contributed by atoms with van der Waals surface area (Å²) in [6, 6.07) is 14.1. The van der Waals surface area contributed by atoms with Crippen LogP contribution in [0.3, 0.4) is 0 Å². The molecule has 1 N–H and O–H groups in total. The maximum Gasteiger partial charge on any atom is 0.261 e. The molecule has 0 bridgehead atoms. The van der Waals surface area contributed by atoms with Crippen molar-refractivity contribution in [1.29, 1.82) is 0 Å². The molecule has 2 rings (SSSR count). The van der Waals surface area contributed by atoms with Crippen molar-refractivity contribution in [2.45, 2.75) is 40.3 Å². The van der Waals surface area contributed by atoms with Crippen molar-refractivity contribution in [2.24, 2.45) is 0 Å². The fourth-order valence-corrected chi connectivity index (χ4v) is 2.41. The Hall–Kier alpha value is -2.29. The third-order valence-electron chi connectivity index (χ3n) is 3.43. The minimum atomic E-state index is -0.522. The molecule has 2 aromatic rings. The molecule has 0 unspecified atom stereocenters. The fourth-order valence-electron chi connectivity index (χ4n) is 2.41. The molecule has 0 radical (unpaired) electrons. The monoisotopic (exact) mass is 297 g/mol. The van der Waals surface area contributed by atoms with E-state index in [2.05, 4.69) is 17.4 Å². The molecule has 116 valence electrons. The lowest BCUT2D eigenvalue weighted by atomic mass is 10.1. The summed E-state index contributed by atoms with van der Waals surface area (Å²) in [5.74, 6) is 0.622. The van der Waals surface area contributed by atoms with Crippen LogP contribution < -0.4 is 10.1 Å². The van der Waals surface area contributed by atoms with E-state index in [9.17, 15) is 4.79 Å². The first-order chi connectivity index (χ1) is 10.4. The summed E-state index contributed by atoms with van der Waals surface area (Å²) in [5.41, 5.74) is 4.53.